The molecule has 26 rings (SSSR count). The van der Waals surface area contributed by atoms with E-state index in [2.05, 4.69) is 458 Å². The molecule has 4 nitrogen and oxygen atoms in total. The molecule has 4 heteroatoms. The third-order valence-electron chi connectivity index (χ3n) is 27.5. The number of para-hydroxylation sites is 4. The quantitative estimate of drug-likeness (QED) is 0.114. The van der Waals surface area contributed by atoms with E-state index in [1.807, 2.05) is 0 Å². The molecule has 0 spiro atoms. The Labute approximate surface area is 744 Å². The lowest BCUT2D eigenvalue weighted by molar-refractivity contribution is 0.399. The van der Waals surface area contributed by atoms with Gasteiger partial charge in [-0.05, 0) is 189 Å². The van der Waals surface area contributed by atoms with Crippen molar-refractivity contribution in [3.8, 4) is 56.6 Å². The highest BCUT2D eigenvalue weighted by Crippen LogP contribution is 2.63. The summed E-state index contributed by atoms with van der Waals surface area (Å²) in [5.41, 5.74) is 21.2. The molecule has 0 radical (unpaired) electrons. The predicted octanol–water partition coefficient (Wildman–Crippen LogP) is 33.2. The van der Waals surface area contributed by atoms with Gasteiger partial charge in [0, 0.05) is 87.5 Å². The minimum absolute atomic E-state index is 0. The van der Waals surface area contributed by atoms with Crippen LogP contribution in [0.1, 0.15) is 59.4 Å². The van der Waals surface area contributed by atoms with Crippen LogP contribution < -0.4 is 9.47 Å². The Morgan fingerprint density at radius 3 is 0.734 bits per heavy atom. The molecular formula is C124H90N2O2. The molecule has 0 amide bonds. The first-order valence-electron chi connectivity index (χ1n) is 44.0. The van der Waals surface area contributed by atoms with Crippen LogP contribution in [0.15, 0.2) is 449 Å². The largest absolute Gasteiger partial charge is 0.455 e. The molecular weight excluding hydrogens is 1550 g/mol. The van der Waals surface area contributed by atoms with Gasteiger partial charge in [-0.2, -0.15) is 0 Å². The third-order valence-corrected chi connectivity index (χ3v) is 27.5. The number of nitrogens with zero attached hydrogens (tertiary/aromatic N) is 2. The van der Waals surface area contributed by atoms with Gasteiger partial charge in [-0.1, -0.05) is 409 Å². The first-order chi connectivity index (χ1) is 62.5. The van der Waals surface area contributed by atoms with Gasteiger partial charge in [-0.3, -0.25) is 0 Å². The van der Waals surface area contributed by atoms with E-state index in [9.17, 15) is 0 Å². The first kappa shape index (κ1) is 77.0. The van der Waals surface area contributed by atoms with Crippen LogP contribution >= 0.6 is 0 Å². The molecule has 128 heavy (non-hydrogen) atoms. The van der Waals surface area contributed by atoms with E-state index in [-0.39, 0.29) is 14.9 Å². The lowest BCUT2D eigenvalue weighted by atomic mass is 9.62. The molecule has 2 aromatic heterocycles. The fraction of sp³-hybridized carbons (Fsp3) is 0.0645. The van der Waals surface area contributed by atoms with E-state index in [0.29, 0.717) is 0 Å². The summed E-state index contributed by atoms with van der Waals surface area (Å²) < 4.78 is 19.8. The van der Waals surface area contributed by atoms with Gasteiger partial charge in [0.05, 0.1) is 22.1 Å². The average molecular weight is 1640 g/mol. The number of aromatic nitrogens is 2. The monoisotopic (exact) mass is 1640 g/mol. The maximum absolute atomic E-state index is 7.52. The molecule has 0 bridgehead atoms. The molecule has 0 fully saturated rings. The zero-order chi connectivity index (χ0) is 83.0. The first-order valence-corrected chi connectivity index (χ1v) is 44.0. The standard InChI is InChI=1S/2C61H41NO.2CH4/c1-3-17-40(18-4-1)38-61(39-41-31-33-42(34-32-41)43-35-36-50-49-25-15-16-30-55(49)62(56(50)37-43)44-19-5-2-6-20-44)57-51-26-11-7-21-45(51)47-23-9-13-28-53(47)59(57)63-60-54-29-14-10-24-48(54)46-22-8-12-27-52(46)58(60)61;1-3-17-40(18-4-1)38-61(39-41-31-33-42(34-32-41)43-35-36-56-54(37-43)49-25-15-16-30-55(49)62(56)44-19-5-2-6-20-44)57-50-26-11-7-21-45(50)47-23-9-13-28-52(47)59(57)63-60-53-29-14-10-24-48(53)46-22-8-12-27-51(46)58(60)61;;/h2*1-37H,38-39H2;2*1H4. The number of hydrogen-bond donors (Lipinski definition) is 0. The van der Waals surface area contributed by atoms with Crippen LogP contribution in [-0.2, 0) is 36.5 Å². The molecule has 2 aliphatic rings. The van der Waals surface area contributed by atoms with E-state index in [1.165, 1.54) is 181 Å². The summed E-state index contributed by atoms with van der Waals surface area (Å²) in [4.78, 5) is 0. The Morgan fingerprint density at radius 1 is 0.164 bits per heavy atom. The normalized spacial score (nSPS) is 12.9. The summed E-state index contributed by atoms with van der Waals surface area (Å²) in [6.07, 6.45) is 3.15. The van der Waals surface area contributed by atoms with Gasteiger partial charge in [-0.25, -0.2) is 0 Å². The van der Waals surface area contributed by atoms with Crippen molar-refractivity contribution in [2.24, 2.45) is 0 Å². The molecule has 0 atom stereocenters. The van der Waals surface area contributed by atoms with Crippen LogP contribution in [-0.4, -0.2) is 9.13 Å². The maximum atomic E-state index is 7.52. The van der Waals surface area contributed by atoms with Crippen molar-refractivity contribution in [1.29, 1.82) is 0 Å². The second-order valence-electron chi connectivity index (χ2n) is 34.5. The lowest BCUT2D eigenvalue weighted by Gasteiger charge is -2.43. The molecule has 24 aromatic rings. The zero-order valence-electron chi connectivity index (χ0n) is 69.3. The molecule has 0 saturated heterocycles. The van der Waals surface area contributed by atoms with Crippen molar-refractivity contribution >= 4 is 130 Å². The Balaban J connectivity index is 0.000000144. The van der Waals surface area contributed by atoms with Gasteiger partial charge in [0.1, 0.15) is 23.0 Å². The van der Waals surface area contributed by atoms with E-state index in [4.69, 9.17) is 9.47 Å². The van der Waals surface area contributed by atoms with Crippen LogP contribution in [0.25, 0.3) is 163 Å². The molecule has 0 N–H and O–H groups in total. The van der Waals surface area contributed by atoms with Crippen molar-refractivity contribution in [1.82, 2.24) is 9.13 Å². The minimum Gasteiger partial charge on any atom is -0.455 e. The van der Waals surface area contributed by atoms with Gasteiger partial charge in [-0.15, -0.1) is 0 Å². The van der Waals surface area contributed by atoms with Crippen LogP contribution in [0.2, 0.25) is 0 Å². The molecule has 4 heterocycles. The van der Waals surface area contributed by atoms with Crippen molar-refractivity contribution < 1.29 is 9.47 Å². The highest BCUT2D eigenvalue weighted by atomic mass is 16.5. The van der Waals surface area contributed by atoms with Crippen LogP contribution in [0, 0.1) is 0 Å². The number of benzene rings is 22. The molecule has 22 aromatic carbocycles. The fourth-order valence-electron chi connectivity index (χ4n) is 22.3. The summed E-state index contributed by atoms with van der Waals surface area (Å²) >= 11 is 0. The maximum Gasteiger partial charge on any atom is 0.140 e. The van der Waals surface area contributed by atoms with Crippen molar-refractivity contribution in [3.05, 3.63) is 493 Å². The Morgan fingerprint density at radius 2 is 0.391 bits per heavy atom. The highest BCUT2D eigenvalue weighted by Gasteiger charge is 2.49. The van der Waals surface area contributed by atoms with Crippen LogP contribution in [0.5, 0.6) is 23.0 Å². The van der Waals surface area contributed by atoms with Crippen molar-refractivity contribution in [2.45, 2.75) is 51.4 Å². The van der Waals surface area contributed by atoms with E-state index >= 15 is 0 Å². The van der Waals surface area contributed by atoms with Crippen LogP contribution in [0.3, 0.4) is 0 Å². The summed E-state index contributed by atoms with van der Waals surface area (Å²) in [6, 6.07) is 165. The Bertz CT molecular complexity index is 8250. The van der Waals surface area contributed by atoms with Gasteiger partial charge < -0.3 is 18.6 Å². The smallest absolute Gasteiger partial charge is 0.140 e. The second kappa shape index (κ2) is 31.1. The van der Waals surface area contributed by atoms with Gasteiger partial charge >= 0.3 is 0 Å². The highest BCUT2D eigenvalue weighted by molar-refractivity contribution is 6.20. The lowest BCUT2D eigenvalue weighted by Crippen LogP contribution is -2.37. The van der Waals surface area contributed by atoms with Crippen molar-refractivity contribution in [2.75, 3.05) is 0 Å². The Kier molecular flexibility index (Phi) is 18.7. The van der Waals surface area contributed by atoms with E-state index in [1.54, 1.807) is 0 Å². The van der Waals surface area contributed by atoms with Gasteiger partial charge in [0.2, 0.25) is 0 Å². The SMILES string of the molecule is C.C.c1ccc(CC2(Cc3ccc(-c4ccc5c(c4)c4ccccc4n5-c4ccccc4)cc3)c3c(c4ccccc4c4ccccc34)Oc3c2c2ccccc2c2ccccc32)cc1.c1ccc(CC2(Cc3ccc(-c4ccc5c6ccccc6n(-c6ccccc6)c5c4)cc3)c3c(c4ccccc4c4ccccc34)Oc3c2c2ccccc2c2ccccc32)cc1. The van der Waals surface area contributed by atoms with Crippen LogP contribution in [0.4, 0.5) is 0 Å². The summed E-state index contributed by atoms with van der Waals surface area (Å²) in [6.45, 7) is 0. The number of ether oxygens (including phenoxy) is 2. The molecule has 608 valence electrons. The van der Waals surface area contributed by atoms with Crippen molar-refractivity contribution in [3.63, 3.8) is 0 Å². The molecule has 2 aliphatic heterocycles. The average Bonchev–Trinajstić information content (AvgIpc) is 1.38. The zero-order valence-corrected chi connectivity index (χ0v) is 69.3. The molecule has 0 aliphatic carbocycles. The Hall–Kier alpha value is -15.9. The predicted molar refractivity (Wildman–Crippen MR) is 541 cm³/mol. The fourth-order valence-corrected chi connectivity index (χ4v) is 22.3. The van der Waals surface area contributed by atoms with Gasteiger partial charge in [0.25, 0.3) is 0 Å². The summed E-state index contributed by atoms with van der Waals surface area (Å²) in [7, 11) is 0. The van der Waals surface area contributed by atoms with E-state index < -0.39 is 10.8 Å². The minimum atomic E-state index is -0.519. The van der Waals surface area contributed by atoms with Gasteiger partial charge in [0.15, 0.2) is 0 Å². The summed E-state index contributed by atoms with van der Waals surface area (Å²) in [5.74, 6) is 3.86. The molecule has 0 saturated carbocycles. The second-order valence-corrected chi connectivity index (χ2v) is 34.5. The van der Waals surface area contributed by atoms with E-state index in [0.717, 1.165) is 75.9 Å². The summed E-state index contributed by atoms with van der Waals surface area (Å²) in [5, 5.41) is 24.4. The molecule has 0 unspecified atom stereocenters. The third kappa shape index (κ3) is 12.2. The topological polar surface area (TPSA) is 28.3 Å². The number of rotatable bonds is 12. The number of fused-ring (bicyclic) bond motifs is 30. The number of hydrogen-bond acceptors (Lipinski definition) is 2.